The number of fused-ring (bicyclic) bond motifs is 3. The van der Waals surface area contributed by atoms with E-state index in [1.165, 1.54) is 0 Å². The third kappa shape index (κ3) is 2.73. The Balaban J connectivity index is 1.43. The summed E-state index contributed by atoms with van der Waals surface area (Å²) < 4.78 is 18.0. The summed E-state index contributed by atoms with van der Waals surface area (Å²) >= 11 is 0. The summed E-state index contributed by atoms with van der Waals surface area (Å²) in [5.74, 6) is -2.01. The van der Waals surface area contributed by atoms with Gasteiger partial charge in [0.15, 0.2) is 0 Å². The first kappa shape index (κ1) is 19.8. The number of aliphatic hydroxyl groups excluding tert-OH is 1. The monoisotopic (exact) mass is 407 g/mol. The van der Waals surface area contributed by atoms with Crippen LogP contribution in [0.3, 0.4) is 0 Å². The number of nitrogens with zero attached hydrogens (tertiary/aromatic N) is 1. The molecule has 1 N–H and O–H groups in total. The van der Waals surface area contributed by atoms with Crippen molar-refractivity contribution >= 4 is 11.9 Å². The molecule has 7 nitrogen and oxygen atoms in total. The van der Waals surface area contributed by atoms with Gasteiger partial charge < -0.3 is 19.3 Å². The van der Waals surface area contributed by atoms with E-state index in [2.05, 4.69) is 11.8 Å². The van der Waals surface area contributed by atoms with E-state index in [1.807, 2.05) is 6.92 Å². The maximum atomic E-state index is 12.3. The second-order valence-corrected chi connectivity index (χ2v) is 9.83. The van der Waals surface area contributed by atoms with Crippen molar-refractivity contribution in [2.75, 3.05) is 6.54 Å². The Morgan fingerprint density at radius 3 is 2.48 bits per heavy atom. The van der Waals surface area contributed by atoms with E-state index < -0.39 is 17.8 Å². The molecular formula is C22H33NO6. The molecule has 0 aromatic rings. The number of esters is 2. The largest absolute Gasteiger partial charge is 0.460 e. The van der Waals surface area contributed by atoms with Crippen molar-refractivity contribution in [2.24, 2.45) is 23.7 Å². The zero-order valence-corrected chi connectivity index (χ0v) is 17.6. The first-order chi connectivity index (χ1) is 13.9. The summed E-state index contributed by atoms with van der Waals surface area (Å²) in [6, 6.07) is 0.574. The van der Waals surface area contributed by atoms with Gasteiger partial charge in [-0.25, -0.2) is 0 Å². The zero-order chi connectivity index (χ0) is 20.5. The lowest BCUT2D eigenvalue weighted by atomic mass is 9.75. The molecule has 0 amide bonds. The van der Waals surface area contributed by atoms with E-state index in [1.54, 1.807) is 6.92 Å². The van der Waals surface area contributed by atoms with Crippen LogP contribution >= 0.6 is 0 Å². The quantitative estimate of drug-likeness (QED) is 0.699. The van der Waals surface area contributed by atoms with Crippen LogP contribution in [0.5, 0.6) is 0 Å². The van der Waals surface area contributed by atoms with Gasteiger partial charge in [-0.05, 0) is 52.0 Å². The number of ether oxygens (including phenoxy) is 3. The second-order valence-electron chi connectivity index (χ2n) is 9.83. The number of carbonyl (C=O) groups is 2. The van der Waals surface area contributed by atoms with Crippen molar-refractivity contribution in [3.63, 3.8) is 0 Å². The van der Waals surface area contributed by atoms with Gasteiger partial charge in [-0.3, -0.25) is 14.5 Å². The van der Waals surface area contributed by atoms with Crippen molar-refractivity contribution in [1.82, 2.24) is 4.90 Å². The summed E-state index contributed by atoms with van der Waals surface area (Å²) in [5.41, 5.74) is 0. The van der Waals surface area contributed by atoms with E-state index in [0.717, 1.165) is 45.1 Å². The molecule has 0 bridgehead atoms. The summed E-state index contributed by atoms with van der Waals surface area (Å²) in [6.45, 7) is 6.76. The van der Waals surface area contributed by atoms with Crippen LogP contribution in [0, 0.1) is 23.7 Å². The predicted octanol–water partition coefficient (Wildman–Crippen LogP) is 1.86. The number of cyclic esters (lactones) is 1. The highest BCUT2D eigenvalue weighted by molar-refractivity contribution is 5.76. The molecule has 0 aromatic carbocycles. The van der Waals surface area contributed by atoms with Gasteiger partial charge in [-0.1, -0.05) is 13.8 Å². The molecule has 10 atom stereocenters. The summed E-state index contributed by atoms with van der Waals surface area (Å²) in [4.78, 5) is 26.8. The van der Waals surface area contributed by atoms with Gasteiger partial charge in [-0.2, -0.15) is 0 Å². The predicted molar refractivity (Wildman–Crippen MR) is 103 cm³/mol. The summed E-state index contributed by atoms with van der Waals surface area (Å²) in [5, 5.41) is 10.9. The zero-order valence-electron chi connectivity index (χ0n) is 17.6. The van der Waals surface area contributed by atoms with Crippen LogP contribution in [0.15, 0.2) is 0 Å². The molecular weight excluding hydrogens is 374 g/mol. The van der Waals surface area contributed by atoms with E-state index in [9.17, 15) is 14.7 Å². The van der Waals surface area contributed by atoms with Crippen LogP contribution in [0.4, 0.5) is 0 Å². The molecule has 7 heteroatoms. The average molecular weight is 408 g/mol. The minimum Gasteiger partial charge on any atom is -0.460 e. The Kier molecular flexibility index (Phi) is 4.72. The Morgan fingerprint density at radius 1 is 1.10 bits per heavy atom. The molecule has 5 rings (SSSR count). The van der Waals surface area contributed by atoms with Crippen LogP contribution < -0.4 is 0 Å². The van der Waals surface area contributed by atoms with Crippen molar-refractivity contribution < 1.29 is 28.9 Å². The van der Waals surface area contributed by atoms with Crippen LogP contribution in [-0.4, -0.2) is 64.7 Å². The lowest BCUT2D eigenvalue weighted by molar-refractivity contribution is -0.250. The Bertz CT molecular complexity index is 699. The maximum Gasteiger partial charge on any atom is 0.314 e. The van der Waals surface area contributed by atoms with E-state index in [0.29, 0.717) is 6.04 Å². The molecule has 0 aromatic heterocycles. The minimum absolute atomic E-state index is 0.00787. The van der Waals surface area contributed by atoms with Gasteiger partial charge in [-0.15, -0.1) is 0 Å². The lowest BCUT2D eigenvalue weighted by Crippen LogP contribution is -2.50. The molecule has 5 fully saturated rings. The fourth-order valence-electron chi connectivity index (χ4n) is 6.96. The maximum absolute atomic E-state index is 12.3. The molecule has 162 valence electrons. The molecule has 5 saturated heterocycles. The highest BCUT2D eigenvalue weighted by atomic mass is 16.7. The number of aliphatic hydroxyl groups is 1. The van der Waals surface area contributed by atoms with Crippen LogP contribution in [0.25, 0.3) is 0 Å². The molecule has 0 radical (unpaired) electrons. The van der Waals surface area contributed by atoms with E-state index in [4.69, 9.17) is 14.2 Å². The molecule has 29 heavy (non-hydrogen) atoms. The topological polar surface area (TPSA) is 85.3 Å². The molecule has 5 heterocycles. The Hall–Kier alpha value is -1.18. The average Bonchev–Trinajstić information content (AvgIpc) is 3.36. The van der Waals surface area contributed by atoms with Gasteiger partial charge in [0, 0.05) is 23.9 Å². The van der Waals surface area contributed by atoms with Crippen molar-refractivity contribution in [3.05, 3.63) is 0 Å². The Labute approximate surface area is 172 Å². The third-order valence-corrected chi connectivity index (χ3v) is 8.35. The fraction of sp³-hybridized carbons (Fsp3) is 0.909. The van der Waals surface area contributed by atoms with Crippen molar-refractivity contribution in [1.29, 1.82) is 0 Å². The van der Waals surface area contributed by atoms with Crippen LogP contribution in [-0.2, 0) is 23.8 Å². The van der Waals surface area contributed by atoms with Crippen molar-refractivity contribution in [3.8, 4) is 0 Å². The second kappa shape index (κ2) is 6.92. The van der Waals surface area contributed by atoms with Gasteiger partial charge in [0.1, 0.15) is 12.2 Å². The molecule has 1 spiro atoms. The van der Waals surface area contributed by atoms with Crippen molar-refractivity contribution in [2.45, 2.75) is 95.5 Å². The number of hydrogen-bond acceptors (Lipinski definition) is 7. The first-order valence-electron chi connectivity index (χ1n) is 11.4. The SMILES string of the molecule is CC[C@H]1[C@H]2[C@@H](CCCN3[C@H]2CC[C@H]3[C@@H]2C[C@H](C)C(=O)O2)O[C@@]12OC(=O)[C@H](C)[C@H]2O. The molecule has 0 unspecified atom stereocenters. The van der Waals surface area contributed by atoms with Crippen LogP contribution in [0.2, 0.25) is 0 Å². The summed E-state index contributed by atoms with van der Waals surface area (Å²) in [6.07, 6.45) is 4.59. The standard InChI is InChI=1S/C22H33NO6/c1-4-13-18-15-8-7-14(17-10-11(2)20(25)27-17)23(15)9-5-6-16(18)28-22(13)19(24)12(3)21(26)29-22/h11-19,24H,4-10H2,1-3H3/t11-,12+,13-,14-,15-,16+,17-,18+,19+,22+/m0/s1. The van der Waals surface area contributed by atoms with Gasteiger partial charge >= 0.3 is 11.9 Å². The molecule has 0 saturated carbocycles. The number of carbonyl (C=O) groups excluding carboxylic acids is 2. The van der Waals surface area contributed by atoms with Gasteiger partial charge in [0.05, 0.1) is 17.9 Å². The van der Waals surface area contributed by atoms with Crippen LogP contribution in [0.1, 0.15) is 59.3 Å². The highest BCUT2D eigenvalue weighted by Crippen LogP contribution is 2.55. The summed E-state index contributed by atoms with van der Waals surface area (Å²) in [7, 11) is 0. The van der Waals surface area contributed by atoms with E-state index in [-0.39, 0.29) is 47.9 Å². The fourth-order valence-corrected chi connectivity index (χ4v) is 6.96. The first-order valence-corrected chi connectivity index (χ1v) is 11.4. The lowest BCUT2D eigenvalue weighted by Gasteiger charge is -2.38. The molecule has 5 aliphatic rings. The third-order valence-electron chi connectivity index (χ3n) is 8.35. The minimum atomic E-state index is -1.20. The van der Waals surface area contributed by atoms with Gasteiger partial charge in [0.2, 0.25) is 5.79 Å². The normalized spacial score (nSPS) is 52.3. The van der Waals surface area contributed by atoms with E-state index >= 15 is 0 Å². The molecule has 5 aliphatic heterocycles. The Morgan fingerprint density at radius 2 is 1.86 bits per heavy atom. The number of rotatable bonds is 2. The smallest absolute Gasteiger partial charge is 0.314 e. The highest BCUT2D eigenvalue weighted by Gasteiger charge is 2.68. The molecule has 0 aliphatic carbocycles. The van der Waals surface area contributed by atoms with Gasteiger partial charge in [0.25, 0.3) is 0 Å². The number of hydrogen-bond donors (Lipinski definition) is 1.